The Kier molecular flexibility index (Phi) is 4.61. The van der Waals surface area contributed by atoms with E-state index in [1.807, 2.05) is 48.9 Å². The molecule has 2 aromatic carbocycles. The van der Waals surface area contributed by atoms with E-state index in [1.54, 1.807) is 24.5 Å². The lowest BCUT2D eigenvalue weighted by Gasteiger charge is -2.12. The Morgan fingerprint density at radius 1 is 1.04 bits per heavy atom. The molecule has 0 saturated carbocycles. The fourth-order valence-electron chi connectivity index (χ4n) is 3.64. The second-order valence-electron chi connectivity index (χ2n) is 6.64. The highest BCUT2D eigenvalue weighted by Crippen LogP contribution is 2.31. The van der Waals surface area contributed by atoms with Gasteiger partial charge in [0.15, 0.2) is 0 Å². The summed E-state index contributed by atoms with van der Waals surface area (Å²) < 4.78 is 7.72. The molecular weight excluding hydrogens is 354 g/mol. The zero-order valence-electron chi connectivity index (χ0n) is 15.8. The van der Waals surface area contributed by atoms with Crippen molar-refractivity contribution >= 4 is 27.5 Å². The van der Waals surface area contributed by atoms with Gasteiger partial charge in [0.2, 0.25) is 11.0 Å². The average molecular weight is 374 g/mol. The number of rotatable bonds is 5. The topological polar surface area (TPSA) is 69.1 Å². The van der Waals surface area contributed by atoms with Crippen molar-refractivity contribution in [2.24, 2.45) is 7.05 Å². The van der Waals surface area contributed by atoms with Gasteiger partial charge < -0.3 is 4.74 Å². The van der Waals surface area contributed by atoms with Crippen molar-refractivity contribution in [3.63, 3.8) is 0 Å². The Morgan fingerprint density at radius 2 is 1.82 bits per heavy atom. The maximum absolute atomic E-state index is 11.3. The summed E-state index contributed by atoms with van der Waals surface area (Å²) in [5, 5.41) is 13.4. The standard InChI is InChI=1S/C22H20N3O3/c1-3-28-17-5-7-21-20(14-17)19(12-15-8-10-23-11-9-15)18-6-4-16(25(26)27)13-22(18)24(21)2/h4-11,13-14H,3,12H2,1-2H3/q+1. The van der Waals surface area contributed by atoms with Crippen LogP contribution in [-0.4, -0.2) is 16.5 Å². The highest BCUT2D eigenvalue weighted by Gasteiger charge is 2.21. The molecule has 6 nitrogen and oxygen atoms in total. The number of non-ortho nitro benzene ring substituents is 1. The Labute approximate surface area is 162 Å². The molecular formula is C22H20N3O3+. The number of aromatic nitrogens is 2. The van der Waals surface area contributed by atoms with Gasteiger partial charge in [0.05, 0.1) is 28.4 Å². The van der Waals surface area contributed by atoms with Gasteiger partial charge in [-0.25, -0.2) is 0 Å². The van der Waals surface area contributed by atoms with Gasteiger partial charge in [-0.2, -0.15) is 4.57 Å². The second kappa shape index (κ2) is 7.23. The molecule has 4 aromatic rings. The van der Waals surface area contributed by atoms with Crippen LogP contribution in [0.25, 0.3) is 21.8 Å². The first-order chi connectivity index (χ1) is 13.6. The van der Waals surface area contributed by atoms with Crippen molar-refractivity contribution in [2.45, 2.75) is 13.3 Å². The average Bonchev–Trinajstić information content (AvgIpc) is 2.71. The van der Waals surface area contributed by atoms with Crippen molar-refractivity contribution in [3.8, 4) is 5.75 Å². The minimum atomic E-state index is -0.357. The summed E-state index contributed by atoms with van der Waals surface area (Å²) in [6.45, 7) is 2.55. The summed E-state index contributed by atoms with van der Waals surface area (Å²) in [5.74, 6) is 0.812. The van der Waals surface area contributed by atoms with Crippen LogP contribution in [0.2, 0.25) is 0 Å². The molecule has 0 N–H and O–H groups in total. The van der Waals surface area contributed by atoms with E-state index < -0.39 is 0 Å². The molecule has 0 amide bonds. The number of nitrogens with zero attached hydrogens (tertiary/aromatic N) is 3. The molecule has 6 heteroatoms. The summed E-state index contributed by atoms with van der Waals surface area (Å²) in [5.41, 5.74) is 4.16. The minimum absolute atomic E-state index is 0.0863. The number of hydrogen-bond donors (Lipinski definition) is 0. The fourth-order valence-corrected chi connectivity index (χ4v) is 3.64. The van der Waals surface area contributed by atoms with E-state index >= 15 is 0 Å². The maximum atomic E-state index is 11.3. The summed E-state index contributed by atoms with van der Waals surface area (Å²) in [4.78, 5) is 15.0. The number of nitro benzene ring substituents is 1. The van der Waals surface area contributed by atoms with Gasteiger partial charge in [-0.05, 0) is 54.8 Å². The molecule has 28 heavy (non-hydrogen) atoms. The molecule has 4 rings (SSSR count). The number of fused-ring (bicyclic) bond motifs is 2. The fraction of sp³-hybridized carbons (Fsp3) is 0.182. The van der Waals surface area contributed by atoms with Crippen molar-refractivity contribution in [2.75, 3.05) is 6.61 Å². The number of nitro groups is 1. The van der Waals surface area contributed by atoms with Gasteiger partial charge >= 0.3 is 0 Å². The molecule has 0 aliphatic carbocycles. The van der Waals surface area contributed by atoms with Crippen LogP contribution in [0.5, 0.6) is 5.75 Å². The number of aryl methyl sites for hydroxylation is 1. The number of hydrogen-bond acceptors (Lipinski definition) is 4. The first-order valence-corrected chi connectivity index (χ1v) is 9.13. The third-order valence-corrected chi connectivity index (χ3v) is 4.97. The Hall–Kier alpha value is -3.54. The van der Waals surface area contributed by atoms with Crippen LogP contribution < -0.4 is 9.30 Å². The highest BCUT2D eigenvalue weighted by atomic mass is 16.6. The molecule has 2 aromatic heterocycles. The van der Waals surface area contributed by atoms with Gasteiger partial charge in [-0.15, -0.1) is 0 Å². The third kappa shape index (κ3) is 3.13. The van der Waals surface area contributed by atoms with E-state index in [2.05, 4.69) is 11.1 Å². The smallest absolute Gasteiger partial charge is 0.276 e. The van der Waals surface area contributed by atoms with Gasteiger partial charge in [0.1, 0.15) is 12.8 Å². The molecule has 0 fully saturated rings. The SMILES string of the molecule is CCOc1ccc2c(c1)c(Cc1ccncc1)c1ccc([N+](=O)[O-])cc1[n+]2C. The molecule has 0 aliphatic rings. The zero-order chi connectivity index (χ0) is 19.7. The van der Waals surface area contributed by atoms with Crippen LogP contribution in [-0.2, 0) is 13.5 Å². The van der Waals surface area contributed by atoms with Gasteiger partial charge in [0, 0.05) is 24.5 Å². The summed E-state index contributed by atoms with van der Waals surface area (Å²) in [7, 11) is 1.94. The molecule has 140 valence electrons. The van der Waals surface area contributed by atoms with E-state index in [0.717, 1.165) is 38.7 Å². The van der Waals surface area contributed by atoms with Crippen LogP contribution in [0, 0.1) is 10.1 Å². The van der Waals surface area contributed by atoms with Crippen LogP contribution >= 0.6 is 0 Å². The number of ether oxygens (including phenoxy) is 1. The second-order valence-corrected chi connectivity index (χ2v) is 6.64. The van der Waals surface area contributed by atoms with E-state index in [0.29, 0.717) is 13.0 Å². The Bertz CT molecular complexity index is 1190. The molecule has 0 atom stereocenters. The normalized spacial score (nSPS) is 11.1. The monoisotopic (exact) mass is 374 g/mol. The number of pyridine rings is 2. The van der Waals surface area contributed by atoms with Gasteiger partial charge in [-0.3, -0.25) is 15.1 Å². The van der Waals surface area contributed by atoms with E-state index in [1.165, 1.54) is 0 Å². The molecule has 0 unspecified atom stereocenters. The molecule has 0 aliphatic heterocycles. The van der Waals surface area contributed by atoms with E-state index in [4.69, 9.17) is 4.74 Å². The quantitative estimate of drug-likeness (QED) is 0.228. The predicted molar refractivity (Wildman–Crippen MR) is 107 cm³/mol. The van der Waals surface area contributed by atoms with Gasteiger partial charge in [-0.1, -0.05) is 0 Å². The lowest BCUT2D eigenvalue weighted by Crippen LogP contribution is -2.30. The maximum Gasteiger partial charge on any atom is 0.276 e. The number of benzene rings is 2. The molecule has 0 saturated heterocycles. The van der Waals surface area contributed by atoms with Crippen molar-refractivity contribution in [3.05, 3.63) is 82.2 Å². The largest absolute Gasteiger partial charge is 0.494 e. The van der Waals surface area contributed by atoms with Crippen LogP contribution in [0.1, 0.15) is 18.1 Å². The minimum Gasteiger partial charge on any atom is -0.494 e. The highest BCUT2D eigenvalue weighted by molar-refractivity contribution is 5.95. The third-order valence-electron chi connectivity index (χ3n) is 4.97. The van der Waals surface area contributed by atoms with Crippen molar-refractivity contribution in [1.29, 1.82) is 0 Å². The molecule has 0 radical (unpaired) electrons. The first-order valence-electron chi connectivity index (χ1n) is 9.13. The van der Waals surface area contributed by atoms with E-state index in [9.17, 15) is 10.1 Å². The lowest BCUT2D eigenvalue weighted by molar-refractivity contribution is -0.617. The summed E-state index contributed by atoms with van der Waals surface area (Å²) >= 11 is 0. The van der Waals surface area contributed by atoms with Crippen molar-refractivity contribution < 1.29 is 14.2 Å². The predicted octanol–water partition coefficient (Wildman–Crippen LogP) is 4.11. The van der Waals surface area contributed by atoms with Crippen LogP contribution in [0.3, 0.4) is 0 Å². The zero-order valence-corrected chi connectivity index (χ0v) is 15.8. The van der Waals surface area contributed by atoms with E-state index in [-0.39, 0.29) is 10.6 Å². The van der Waals surface area contributed by atoms with Gasteiger partial charge in [0.25, 0.3) is 5.69 Å². The van der Waals surface area contributed by atoms with Crippen LogP contribution in [0.15, 0.2) is 60.9 Å². The van der Waals surface area contributed by atoms with Crippen molar-refractivity contribution in [1.82, 2.24) is 4.98 Å². The first kappa shape index (κ1) is 17.9. The summed E-state index contributed by atoms with van der Waals surface area (Å²) in [6.07, 6.45) is 4.25. The Balaban J connectivity index is 2.05. The summed E-state index contributed by atoms with van der Waals surface area (Å²) in [6, 6.07) is 15.0. The molecule has 0 bridgehead atoms. The van der Waals surface area contributed by atoms with Crippen LogP contribution in [0.4, 0.5) is 5.69 Å². The molecule has 0 spiro atoms. The Morgan fingerprint density at radius 3 is 2.54 bits per heavy atom. The molecule has 2 heterocycles. The lowest BCUT2D eigenvalue weighted by atomic mass is 9.96.